The normalized spacial score (nSPS) is 14.4. The van der Waals surface area contributed by atoms with Crippen LogP contribution in [0.5, 0.6) is 5.75 Å². The minimum absolute atomic E-state index is 0.0664. The van der Waals surface area contributed by atoms with Gasteiger partial charge in [0.25, 0.3) is 5.91 Å². The Labute approximate surface area is 121 Å². The highest BCUT2D eigenvalue weighted by Crippen LogP contribution is 2.36. The molecule has 2 aromatic rings. The Bertz CT molecular complexity index is 647. The number of nitrogen functional groups attached to an aromatic ring is 1. The van der Waals surface area contributed by atoms with Crippen LogP contribution in [-0.2, 0) is 0 Å². The highest BCUT2D eigenvalue weighted by Gasteiger charge is 2.21. The zero-order chi connectivity index (χ0) is 14.1. The van der Waals surface area contributed by atoms with Gasteiger partial charge in [0.15, 0.2) is 0 Å². The zero-order valence-corrected chi connectivity index (χ0v) is 12.3. The summed E-state index contributed by atoms with van der Waals surface area (Å²) in [5, 5.41) is 3.88. The summed E-state index contributed by atoms with van der Waals surface area (Å²) in [5.41, 5.74) is 6.65. The molecule has 0 aliphatic heterocycles. The Morgan fingerprint density at radius 1 is 1.50 bits per heavy atom. The van der Waals surface area contributed by atoms with Crippen LogP contribution in [0.4, 0.5) is 5.69 Å². The van der Waals surface area contributed by atoms with Crippen molar-refractivity contribution in [3.8, 4) is 5.75 Å². The molecule has 3 rings (SSSR count). The van der Waals surface area contributed by atoms with E-state index in [0.717, 1.165) is 34.7 Å². The van der Waals surface area contributed by atoms with Crippen molar-refractivity contribution >= 4 is 33.0 Å². The van der Waals surface area contributed by atoms with Gasteiger partial charge in [0.05, 0.1) is 12.8 Å². The van der Waals surface area contributed by atoms with Crippen LogP contribution in [0.3, 0.4) is 0 Å². The van der Waals surface area contributed by atoms with Gasteiger partial charge in [-0.2, -0.15) is 0 Å². The van der Waals surface area contributed by atoms with E-state index >= 15 is 0 Å². The fraction of sp³-hybridized carbons (Fsp3) is 0.400. The third-order valence-corrected chi connectivity index (χ3v) is 4.84. The number of methoxy groups -OCH3 is 1. The van der Waals surface area contributed by atoms with E-state index in [1.165, 1.54) is 24.2 Å². The monoisotopic (exact) mass is 290 g/mol. The Hall–Kier alpha value is -1.75. The van der Waals surface area contributed by atoms with E-state index in [9.17, 15) is 4.79 Å². The third kappa shape index (κ3) is 2.58. The molecule has 5 heteroatoms. The molecule has 0 saturated heterocycles. The van der Waals surface area contributed by atoms with Gasteiger partial charge in [0.1, 0.15) is 10.6 Å². The van der Waals surface area contributed by atoms with Crippen LogP contribution in [0, 0.1) is 5.92 Å². The molecule has 20 heavy (non-hydrogen) atoms. The quantitative estimate of drug-likeness (QED) is 0.889. The highest BCUT2D eigenvalue weighted by molar-refractivity contribution is 7.21. The second kappa shape index (κ2) is 5.32. The lowest BCUT2D eigenvalue weighted by Crippen LogP contribution is -2.24. The molecule has 0 radical (unpaired) electrons. The number of fused-ring (bicyclic) bond motifs is 1. The molecule has 1 saturated carbocycles. The van der Waals surface area contributed by atoms with Crippen molar-refractivity contribution < 1.29 is 9.53 Å². The maximum Gasteiger partial charge on any atom is 0.263 e. The Morgan fingerprint density at radius 2 is 2.30 bits per heavy atom. The van der Waals surface area contributed by atoms with E-state index in [-0.39, 0.29) is 5.91 Å². The lowest BCUT2D eigenvalue weighted by molar-refractivity contribution is 0.0957. The molecule has 1 aromatic heterocycles. The van der Waals surface area contributed by atoms with Gasteiger partial charge < -0.3 is 15.8 Å². The summed E-state index contributed by atoms with van der Waals surface area (Å²) in [7, 11) is 1.63. The summed E-state index contributed by atoms with van der Waals surface area (Å²) in [6.45, 7) is 0.737. The first-order chi connectivity index (χ1) is 9.69. The van der Waals surface area contributed by atoms with E-state index < -0.39 is 0 Å². The first-order valence-electron chi connectivity index (χ1n) is 6.83. The van der Waals surface area contributed by atoms with Crippen molar-refractivity contribution in [1.82, 2.24) is 5.32 Å². The Morgan fingerprint density at radius 3 is 3.00 bits per heavy atom. The van der Waals surface area contributed by atoms with Gasteiger partial charge in [-0.1, -0.05) is 12.8 Å². The van der Waals surface area contributed by atoms with E-state index in [2.05, 4.69) is 5.32 Å². The Balaban J connectivity index is 1.78. The van der Waals surface area contributed by atoms with Crippen LogP contribution in [0.2, 0.25) is 0 Å². The molecule has 1 aliphatic rings. The number of benzene rings is 1. The van der Waals surface area contributed by atoms with Gasteiger partial charge >= 0.3 is 0 Å². The summed E-state index contributed by atoms with van der Waals surface area (Å²) < 4.78 is 6.18. The van der Waals surface area contributed by atoms with Crippen LogP contribution in [0.1, 0.15) is 28.9 Å². The van der Waals surface area contributed by atoms with Crippen LogP contribution in [0.25, 0.3) is 10.1 Å². The number of nitrogens with one attached hydrogen (secondary N) is 1. The minimum atomic E-state index is -0.0664. The van der Waals surface area contributed by atoms with E-state index in [1.807, 2.05) is 18.2 Å². The number of hydrogen-bond donors (Lipinski definition) is 2. The van der Waals surface area contributed by atoms with Crippen molar-refractivity contribution in [2.75, 3.05) is 19.4 Å². The topological polar surface area (TPSA) is 64.3 Å². The smallest absolute Gasteiger partial charge is 0.263 e. The van der Waals surface area contributed by atoms with Crippen molar-refractivity contribution in [1.29, 1.82) is 0 Å². The molecule has 0 bridgehead atoms. The second-order valence-corrected chi connectivity index (χ2v) is 6.25. The Kier molecular flexibility index (Phi) is 3.53. The van der Waals surface area contributed by atoms with Crippen molar-refractivity contribution in [2.24, 2.45) is 5.92 Å². The number of carbonyl (C=O) groups excluding carboxylic acids is 1. The number of ether oxygens (including phenoxy) is 1. The molecule has 3 N–H and O–H groups in total. The molecule has 1 heterocycles. The predicted octanol–water partition coefficient (Wildman–Crippen LogP) is 3.02. The fourth-order valence-electron chi connectivity index (χ4n) is 2.27. The highest BCUT2D eigenvalue weighted by atomic mass is 32.1. The molecule has 1 fully saturated rings. The van der Waals surface area contributed by atoms with Gasteiger partial charge in [-0.25, -0.2) is 0 Å². The first kappa shape index (κ1) is 13.2. The van der Waals surface area contributed by atoms with Crippen LogP contribution in [0.15, 0.2) is 18.2 Å². The molecule has 106 valence electrons. The molecule has 1 aliphatic carbocycles. The number of amides is 1. The van der Waals surface area contributed by atoms with Crippen molar-refractivity contribution in [3.63, 3.8) is 0 Å². The van der Waals surface area contributed by atoms with Gasteiger partial charge in [-0.15, -0.1) is 11.3 Å². The molecular weight excluding hydrogens is 272 g/mol. The third-order valence-electron chi connectivity index (χ3n) is 3.68. The van der Waals surface area contributed by atoms with Crippen molar-refractivity contribution in [3.05, 3.63) is 23.1 Å². The number of rotatable bonds is 5. The number of thiophene rings is 1. The van der Waals surface area contributed by atoms with Gasteiger partial charge in [0, 0.05) is 16.6 Å². The van der Waals surface area contributed by atoms with Crippen LogP contribution < -0.4 is 15.8 Å². The number of anilines is 1. The average Bonchev–Trinajstić information content (AvgIpc) is 3.22. The zero-order valence-electron chi connectivity index (χ0n) is 11.4. The van der Waals surface area contributed by atoms with Gasteiger partial charge in [-0.3, -0.25) is 4.79 Å². The molecule has 1 aromatic carbocycles. The van der Waals surface area contributed by atoms with Crippen molar-refractivity contribution in [2.45, 2.75) is 19.3 Å². The number of hydrogen-bond acceptors (Lipinski definition) is 4. The summed E-state index contributed by atoms with van der Waals surface area (Å²) in [5.74, 6) is 1.53. The van der Waals surface area contributed by atoms with E-state index in [4.69, 9.17) is 10.5 Å². The standard InChI is InChI=1S/C15H18N2O2S/c1-19-10-4-5-11-12(8-10)20-14(13(11)16)15(18)17-7-6-9-2-3-9/h4-5,8-9H,2-3,6-7,16H2,1H3,(H,17,18). The lowest BCUT2D eigenvalue weighted by Gasteiger charge is -2.03. The summed E-state index contributed by atoms with van der Waals surface area (Å²) >= 11 is 1.42. The first-order valence-corrected chi connectivity index (χ1v) is 7.65. The maximum absolute atomic E-state index is 12.2. The lowest BCUT2D eigenvalue weighted by atomic mass is 10.2. The predicted molar refractivity (Wildman–Crippen MR) is 82.5 cm³/mol. The minimum Gasteiger partial charge on any atom is -0.497 e. The molecule has 4 nitrogen and oxygen atoms in total. The molecule has 1 amide bonds. The summed E-state index contributed by atoms with van der Waals surface area (Å²) in [6, 6.07) is 5.68. The second-order valence-electron chi connectivity index (χ2n) is 5.19. The van der Waals surface area contributed by atoms with Crippen LogP contribution >= 0.6 is 11.3 Å². The fourth-order valence-corrected chi connectivity index (χ4v) is 3.34. The van der Waals surface area contributed by atoms with Gasteiger partial charge in [-0.05, 0) is 30.5 Å². The maximum atomic E-state index is 12.2. The summed E-state index contributed by atoms with van der Waals surface area (Å²) in [4.78, 5) is 12.8. The van der Waals surface area contributed by atoms with Crippen LogP contribution in [-0.4, -0.2) is 19.6 Å². The van der Waals surface area contributed by atoms with Gasteiger partial charge in [0.2, 0.25) is 0 Å². The number of nitrogens with two attached hydrogens (primary N) is 1. The van der Waals surface area contributed by atoms with E-state index in [0.29, 0.717) is 10.6 Å². The molecular formula is C15H18N2O2S. The van der Waals surface area contributed by atoms with E-state index in [1.54, 1.807) is 7.11 Å². The summed E-state index contributed by atoms with van der Waals surface area (Å²) in [6.07, 6.45) is 3.69. The largest absolute Gasteiger partial charge is 0.497 e. The molecule has 0 spiro atoms. The SMILES string of the molecule is COc1ccc2c(N)c(C(=O)NCCC3CC3)sc2c1. The molecule has 0 atom stereocenters. The molecule has 0 unspecified atom stereocenters. The average molecular weight is 290 g/mol. The number of carbonyl (C=O) groups is 1.